The van der Waals surface area contributed by atoms with Crippen LogP contribution >= 0.6 is 0 Å². The van der Waals surface area contributed by atoms with Crippen LogP contribution in [0.3, 0.4) is 0 Å². The van der Waals surface area contributed by atoms with E-state index in [4.69, 9.17) is 17.7 Å². The number of allylic oxidation sites excluding steroid dienone is 4. The van der Waals surface area contributed by atoms with Gasteiger partial charge in [0.25, 0.3) is 0 Å². The van der Waals surface area contributed by atoms with Gasteiger partial charge in [-0.2, -0.15) is 0 Å². The molecule has 0 spiro atoms. The van der Waals surface area contributed by atoms with E-state index in [1.165, 1.54) is 44.5 Å². The van der Waals surface area contributed by atoms with Crippen molar-refractivity contribution in [2.24, 2.45) is 0 Å². The average Bonchev–Trinajstić information content (AvgIpc) is 4.03. The van der Waals surface area contributed by atoms with Gasteiger partial charge >= 0.3 is 456 Å². The number of benzene rings is 4. The summed E-state index contributed by atoms with van der Waals surface area (Å²) in [6.45, 7) is 46.6. The van der Waals surface area contributed by atoms with Crippen LogP contribution in [0.4, 0.5) is 0 Å². The molecule has 0 radical (unpaired) electrons. The van der Waals surface area contributed by atoms with E-state index < -0.39 is 79.7 Å². The smallest absolute Gasteiger partial charge is 1.00 e. The molecular formula is C60H84Cl2O4Si4Zr2. The molecule has 0 N–H and O–H groups in total. The molecule has 0 aliphatic heterocycles. The van der Waals surface area contributed by atoms with Crippen molar-refractivity contribution in [2.45, 2.75) is 170 Å². The first-order chi connectivity index (χ1) is 32.2. The molecule has 386 valence electrons. The molecule has 72 heavy (non-hydrogen) atoms. The van der Waals surface area contributed by atoms with Gasteiger partial charge in [0.05, 0.1) is 0 Å². The Morgan fingerprint density at radius 2 is 0.500 bits per heavy atom. The Hall–Kier alpha value is -1.75. The van der Waals surface area contributed by atoms with Crippen molar-refractivity contribution in [2.75, 3.05) is 0 Å². The molecule has 0 aromatic heterocycles. The summed E-state index contributed by atoms with van der Waals surface area (Å²) in [5.41, 5.74) is 11.1. The van der Waals surface area contributed by atoms with Crippen molar-refractivity contribution >= 4 is 57.6 Å². The fourth-order valence-electron chi connectivity index (χ4n) is 8.35. The summed E-state index contributed by atoms with van der Waals surface area (Å²) in [5.74, 6) is 4.49. The second-order valence-electron chi connectivity index (χ2n) is 26.2. The van der Waals surface area contributed by atoms with Crippen LogP contribution in [0.1, 0.15) is 142 Å². The first-order valence-corrected chi connectivity index (χ1v) is 43.0. The van der Waals surface area contributed by atoms with Crippen LogP contribution in [0.25, 0.3) is 24.3 Å². The van der Waals surface area contributed by atoms with Crippen molar-refractivity contribution in [1.29, 1.82) is 0 Å². The molecule has 4 nitrogen and oxygen atoms in total. The minimum atomic E-state index is -1.91. The Bertz CT molecular complexity index is 2350. The number of hydrogen-bond donors (Lipinski definition) is 0. The summed E-state index contributed by atoms with van der Waals surface area (Å²) < 4.78 is 29.6. The fourth-order valence-corrected chi connectivity index (χ4v) is 21.1. The van der Waals surface area contributed by atoms with Crippen molar-refractivity contribution in [3.63, 3.8) is 0 Å². The van der Waals surface area contributed by atoms with Crippen molar-refractivity contribution in [3.8, 4) is 23.0 Å². The number of fused-ring (bicyclic) bond motifs is 4. The minimum Gasteiger partial charge on any atom is -1.00 e. The quantitative estimate of drug-likeness (QED) is 0.133. The molecule has 0 bridgehead atoms. The van der Waals surface area contributed by atoms with E-state index in [9.17, 15) is 0 Å². The molecule has 4 aliphatic carbocycles. The maximum atomic E-state index is 6.89. The molecule has 4 atom stereocenters. The van der Waals surface area contributed by atoms with Gasteiger partial charge < -0.3 is 24.8 Å². The first-order valence-electron chi connectivity index (χ1n) is 25.7. The van der Waals surface area contributed by atoms with E-state index >= 15 is 0 Å². The second kappa shape index (κ2) is 22.3. The van der Waals surface area contributed by atoms with Crippen molar-refractivity contribution in [3.05, 3.63) is 142 Å². The van der Waals surface area contributed by atoms with Gasteiger partial charge in [-0.3, -0.25) is 0 Å². The molecule has 4 aromatic carbocycles. The second-order valence-corrected chi connectivity index (χ2v) is 52.8. The van der Waals surface area contributed by atoms with Crippen LogP contribution < -0.4 is 42.5 Å². The van der Waals surface area contributed by atoms with E-state index in [1.54, 1.807) is 0 Å². The van der Waals surface area contributed by atoms with E-state index in [-0.39, 0.29) is 45.0 Å². The molecule has 0 saturated heterocycles. The minimum absolute atomic E-state index is 0. The maximum Gasteiger partial charge on any atom is -1.00 e. The van der Waals surface area contributed by atoms with Crippen LogP contribution in [-0.4, -0.2) is 33.3 Å². The molecule has 0 saturated carbocycles. The molecular weight excluding hydrogens is 1150 g/mol. The largest absolute Gasteiger partial charge is 1.00 e. The van der Waals surface area contributed by atoms with Gasteiger partial charge in [-0.15, -0.1) is 0 Å². The number of hydrogen-bond acceptors (Lipinski definition) is 4. The van der Waals surface area contributed by atoms with E-state index in [2.05, 4.69) is 257 Å². The Morgan fingerprint density at radius 1 is 0.319 bits per heavy atom. The topological polar surface area (TPSA) is 36.9 Å². The van der Waals surface area contributed by atoms with Gasteiger partial charge in [-0.25, -0.2) is 0 Å². The standard InChI is InChI=1S/4C15H21OSi.2ClH.2Zr/c4*1-15(2,3)17(4,5)16-14-11-7-9-12-8-6-10-13(12)14;;;;/h4*6-11H,1-5H3;2*1H;;/q;;;;;;2*+1/p-2. The third-order valence-corrected chi connectivity index (χ3v) is 42.6. The monoisotopic (exact) mass is 1230 g/mol. The zero-order valence-corrected chi connectivity index (χ0v) is 57.7. The third kappa shape index (κ3) is 13.0. The van der Waals surface area contributed by atoms with E-state index in [1.807, 2.05) is 0 Å². The average molecular weight is 1240 g/mol. The van der Waals surface area contributed by atoms with Crippen molar-refractivity contribution in [1.82, 2.24) is 0 Å². The molecule has 0 fully saturated rings. The van der Waals surface area contributed by atoms with Gasteiger partial charge in [-0.1, -0.05) is 0 Å². The first kappa shape index (κ1) is 61.1. The number of rotatable bonds is 12. The summed E-state index contributed by atoms with van der Waals surface area (Å²) in [5, 5.41) is 0.724. The van der Waals surface area contributed by atoms with Gasteiger partial charge in [0, 0.05) is 0 Å². The SMILES string of the molecule is CC(C)(C)[Si](C)(C)Oc1cccc2c1[CH]([Zr+][CH]1C=Cc3cccc(O[Si](C)(C)C(C)(C)C)c31)C=C2.CC(C)(C)[Si](C)(C)Oc1cccc2c1[CH]([Zr+][CH]1C=Cc3cccc(O[Si](C)(C)C(C)(C)C)c31)C=C2.[Cl-].[Cl-]. The summed E-state index contributed by atoms with van der Waals surface area (Å²) in [6, 6.07) is 26.5. The summed E-state index contributed by atoms with van der Waals surface area (Å²) in [4.78, 5) is 0. The van der Waals surface area contributed by atoms with Crippen molar-refractivity contribution < 1.29 is 89.0 Å². The molecule has 4 aromatic rings. The summed E-state index contributed by atoms with van der Waals surface area (Å²) >= 11 is -1.86. The molecule has 4 aliphatic rings. The normalized spacial score (nSPS) is 18.8. The van der Waals surface area contributed by atoms with E-state index in [0.717, 1.165) is 23.0 Å². The van der Waals surface area contributed by atoms with Gasteiger partial charge in [0.15, 0.2) is 0 Å². The summed E-state index contributed by atoms with van der Waals surface area (Å²) in [6.07, 6.45) is 19.1. The Morgan fingerprint density at radius 3 is 0.667 bits per heavy atom. The Balaban J connectivity index is 0.000000260. The molecule has 12 heteroatoms. The molecule has 0 heterocycles. The maximum absolute atomic E-state index is 6.89. The van der Waals surface area contributed by atoms with Gasteiger partial charge in [-0.05, 0) is 0 Å². The van der Waals surface area contributed by atoms with E-state index in [0.29, 0.717) is 14.5 Å². The van der Waals surface area contributed by atoms with Crippen LogP contribution in [0, 0.1) is 0 Å². The molecule has 0 amide bonds. The molecule has 4 unspecified atom stereocenters. The van der Waals surface area contributed by atoms with Crippen LogP contribution in [0.15, 0.2) is 97.1 Å². The number of halogens is 2. The third-order valence-electron chi connectivity index (χ3n) is 16.9. The zero-order valence-electron chi connectivity index (χ0n) is 47.2. The summed E-state index contributed by atoms with van der Waals surface area (Å²) in [7, 11) is -7.65. The van der Waals surface area contributed by atoms with Crippen LogP contribution in [0.2, 0.25) is 72.5 Å². The van der Waals surface area contributed by atoms with Crippen LogP contribution in [0.5, 0.6) is 23.0 Å². The van der Waals surface area contributed by atoms with Crippen LogP contribution in [-0.2, 0) is 46.5 Å². The zero-order chi connectivity index (χ0) is 51.6. The predicted molar refractivity (Wildman–Crippen MR) is 304 cm³/mol. The fraction of sp³-hybridized carbons (Fsp3) is 0.467. The van der Waals surface area contributed by atoms with Gasteiger partial charge in [0.1, 0.15) is 0 Å². The predicted octanol–water partition coefficient (Wildman–Crippen LogP) is 12.8. The van der Waals surface area contributed by atoms with Gasteiger partial charge in [0.2, 0.25) is 0 Å². The molecule has 8 rings (SSSR count). The Labute approximate surface area is 476 Å². The Kier molecular flexibility index (Phi) is 18.9.